The number of nitrogens with zero attached hydrogens (tertiary/aromatic N) is 1. The van der Waals surface area contributed by atoms with Gasteiger partial charge in [-0.3, -0.25) is 4.79 Å². The highest BCUT2D eigenvalue weighted by Gasteiger charge is 2.15. The molecule has 1 saturated heterocycles. The Labute approximate surface area is 130 Å². The van der Waals surface area contributed by atoms with Gasteiger partial charge in [-0.15, -0.1) is 0 Å². The van der Waals surface area contributed by atoms with Crippen LogP contribution < -0.4 is 5.32 Å². The average molecular weight is 298 g/mol. The number of carbonyl (C=O) groups excluding carboxylic acids is 1. The number of unbranched alkanes of at least 4 members (excludes halogenated alkanes) is 7. The summed E-state index contributed by atoms with van der Waals surface area (Å²) in [5, 5.41) is 3.39. The van der Waals surface area contributed by atoms with Crippen molar-refractivity contribution in [2.45, 2.75) is 64.7 Å². The van der Waals surface area contributed by atoms with E-state index in [-0.39, 0.29) is 5.91 Å². The molecular formula is C17H34N2O2. The van der Waals surface area contributed by atoms with E-state index in [4.69, 9.17) is 4.74 Å². The number of ether oxygens (including phenoxy) is 1. The van der Waals surface area contributed by atoms with Gasteiger partial charge >= 0.3 is 0 Å². The quantitative estimate of drug-likeness (QED) is 0.563. The Morgan fingerprint density at radius 2 is 1.57 bits per heavy atom. The van der Waals surface area contributed by atoms with Gasteiger partial charge in [0.1, 0.15) is 0 Å². The van der Waals surface area contributed by atoms with Crippen molar-refractivity contribution in [3.63, 3.8) is 0 Å². The molecule has 1 N–H and O–H groups in total. The molecule has 0 radical (unpaired) electrons. The van der Waals surface area contributed by atoms with Crippen LogP contribution in [0.4, 0.5) is 0 Å². The fourth-order valence-corrected chi connectivity index (χ4v) is 2.68. The lowest BCUT2D eigenvalue weighted by Crippen LogP contribution is -2.41. The zero-order valence-corrected chi connectivity index (χ0v) is 13.9. The van der Waals surface area contributed by atoms with Gasteiger partial charge in [-0.2, -0.15) is 0 Å². The molecule has 1 aliphatic heterocycles. The molecule has 0 spiro atoms. The number of hydrogen-bond donors (Lipinski definition) is 1. The van der Waals surface area contributed by atoms with Crippen molar-refractivity contribution in [3.05, 3.63) is 0 Å². The number of rotatable bonds is 12. The third-order valence-electron chi connectivity index (χ3n) is 4.09. The molecule has 0 atom stereocenters. The molecule has 21 heavy (non-hydrogen) atoms. The molecule has 0 unspecified atom stereocenters. The SMILES string of the molecule is CCCCCCCCCCNCCC(=O)N1CCOCC1. The lowest BCUT2D eigenvalue weighted by atomic mass is 10.1. The van der Waals surface area contributed by atoms with E-state index in [1.165, 1.54) is 51.4 Å². The molecule has 0 aromatic rings. The maximum atomic E-state index is 11.9. The first-order valence-electron chi connectivity index (χ1n) is 8.91. The molecule has 1 fully saturated rings. The van der Waals surface area contributed by atoms with Crippen LogP contribution in [0.25, 0.3) is 0 Å². The van der Waals surface area contributed by atoms with Gasteiger partial charge in [0.2, 0.25) is 5.91 Å². The molecule has 0 bridgehead atoms. The molecular weight excluding hydrogens is 264 g/mol. The normalized spacial score (nSPS) is 15.4. The lowest BCUT2D eigenvalue weighted by Gasteiger charge is -2.26. The maximum absolute atomic E-state index is 11.9. The Morgan fingerprint density at radius 1 is 0.952 bits per heavy atom. The first-order chi connectivity index (χ1) is 10.3. The van der Waals surface area contributed by atoms with Crippen molar-refractivity contribution in [1.82, 2.24) is 10.2 Å². The third-order valence-corrected chi connectivity index (χ3v) is 4.09. The second kappa shape index (κ2) is 13.1. The number of amides is 1. The van der Waals surface area contributed by atoms with Gasteiger partial charge in [-0.1, -0.05) is 51.9 Å². The second-order valence-corrected chi connectivity index (χ2v) is 5.97. The first-order valence-corrected chi connectivity index (χ1v) is 8.91. The number of nitrogens with one attached hydrogen (secondary N) is 1. The van der Waals surface area contributed by atoms with E-state index in [1.807, 2.05) is 4.90 Å². The largest absolute Gasteiger partial charge is 0.378 e. The highest BCUT2D eigenvalue weighted by atomic mass is 16.5. The van der Waals surface area contributed by atoms with Crippen LogP contribution >= 0.6 is 0 Å². The minimum Gasteiger partial charge on any atom is -0.378 e. The number of hydrogen-bond acceptors (Lipinski definition) is 3. The van der Waals surface area contributed by atoms with Crippen LogP contribution in [-0.4, -0.2) is 50.2 Å². The van der Waals surface area contributed by atoms with Crippen LogP contribution in [0.15, 0.2) is 0 Å². The van der Waals surface area contributed by atoms with Crippen LogP contribution in [0.5, 0.6) is 0 Å². The molecule has 0 aliphatic carbocycles. The second-order valence-electron chi connectivity index (χ2n) is 5.97. The van der Waals surface area contributed by atoms with Crippen molar-refractivity contribution in [2.24, 2.45) is 0 Å². The highest BCUT2D eigenvalue weighted by Crippen LogP contribution is 2.07. The summed E-state index contributed by atoms with van der Waals surface area (Å²) in [7, 11) is 0. The molecule has 0 saturated carbocycles. The molecule has 1 heterocycles. The standard InChI is InChI=1S/C17H34N2O2/c1-2-3-4-5-6-7-8-9-11-18-12-10-17(20)19-13-15-21-16-14-19/h18H,2-16H2,1H3. The Bertz CT molecular complexity index is 253. The van der Waals surface area contributed by atoms with E-state index in [1.54, 1.807) is 0 Å². The molecule has 1 aliphatic rings. The van der Waals surface area contributed by atoms with Crippen LogP contribution in [0, 0.1) is 0 Å². The van der Waals surface area contributed by atoms with Crippen molar-refractivity contribution in [2.75, 3.05) is 39.4 Å². The van der Waals surface area contributed by atoms with E-state index in [0.717, 1.165) is 26.2 Å². The van der Waals surface area contributed by atoms with Gasteiger partial charge in [-0.25, -0.2) is 0 Å². The van der Waals surface area contributed by atoms with Crippen LogP contribution in [0.1, 0.15) is 64.7 Å². The minimum absolute atomic E-state index is 0.265. The molecule has 0 aromatic heterocycles. The summed E-state index contributed by atoms with van der Waals surface area (Å²) in [4.78, 5) is 13.8. The van der Waals surface area contributed by atoms with Gasteiger partial charge in [0, 0.05) is 26.1 Å². The lowest BCUT2D eigenvalue weighted by molar-refractivity contribution is -0.135. The molecule has 1 amide bonds. The van der Waals surface area contributed by atoms with Crippen molar-refractivity contribution in [1.29, 1.82) is 0 Å². The van der Waals surface area contributed by atoms with E-state index in [9.17, 15) is 4.79 Å². The Hall–Kier alpha value is -0.610. The summed E-state index contributed by atoms with van der Waals surface area (Å²) < 4.78 is 5.25. The van der Waals surface area contributed by atoms with Gasteiger partial charge in [0.25, 0.3) is 0 Å². The molecule has 4 heteroatoms. The van der Waals surface area contributed by atoms with Crippen molar-refractivity contribution < 1.29 is 9.53 Å². The van der Waals surface area contributed by atoms with E-state index in [2.05, 4.69) is 12.2 Å². The number of carbonyl (C=O) groups is 1. The van der Waals surface area contributed by atoms with Gasteiger partial charge in [0.05, 0.1) is 13.2 Å². The molecule has 124 valence electrons. The maximum Gasteiger partial charge on any atom is 0.224 e. The van der Waals surface area contributed by atoms with E-state index < -0.39 is 0 Å². The van der Waals surface area contributed by atoms with Gasteiger partial charge in [0.15, 0.2) is 0 Å². The monoisotopic (exact) mass is 298 g/mol. The molecule has 4 nitrogen and oxygen atoms in total. The summed E-state index contributed by atoms with van der Waals surface area (Å²) in [6, 6.07) is 0. The summed E-state index contributed by atoms with van der Waals surface area (Å²) in [6.07, 6.45) is 11.4. The van der Waals surface area contributed by atoms with Crippen molar-refractivity contribution in [3.8, 4) is 0 Å². The van der Waals surface area contributed by atoms with E-state index >= 15 is 0 Å². The number of morpholine rings is 1. The summed E-state index contributed by atoms with van der Waals surface area (Å²) in [5.41, 5.74) is 0. The van der Waals surface area contributed by atoms with E-state index in [0.29, 0.717) is 19.6 Å². The third kappa shape index (κ3) is 9.86. The van der Waals surface area contributed by atoms with Crippen LogP contribution in [-0.2, 0) is 9.53 Å². The highest BCUT2D eigenvalue weighted by molar-refractivity contribution is 5.76. The first kappa shape index (κ1) is 18.4. The predicted octanol–water partition coefficient (Wildman–Crippen LogP) is 2.97. The Morgan fingerprint density at radius 3 is 2.24 bits per heavy atom. The molecule has 1 rings (SSSR count). The van der Waals surface area contributed by atoms with Crippen molar-refractivity contribution >= 4 is 5.91 Å². The summed E-state index contributed by atoms with van der Waals surface area (Å²) >= 11 is 0. The zero-order valence-electron chi connectivity index (χ0n) is 13.9. The topological polar surface area (TPSA) is 41.6 Å². The minimum atomic E-state index is 0.265. The Kier molecular flexibility index (Phi) is 11.5. The fraction of sp³-hybridized carbons (Fsp3) is 0.941. The summed E-state index contributed by atoms with van der Waals surface area (Å²) in [5.74, 6) is 0.265. The predicted molar refractivity (Wildman–Crippen MR) is 87.5 cm³/mol. The van der Waals surface area contributed by atoms with Crippen LogP contribution in [0.3, 0.4) is 0 Å². The molecule has 0 aromatic carbocycles. The van der Waals surface area contributed by atoms with Gasteiger partial charge in [-0.05, 0) is 13.0 Å². The zero-order chi connectivity index (χ0) is 15.2. The fourth-order valence-electron chi connectivity index (χ4n) is 2.68. The smallest absolute Gasteiger partial charge is 0.224 e. The Balaban J connectivity index is 1.80. The van der Waals surface area contributed by atoms with Gasteiger partial charge < -0.3 is 15.0 Å². The average Bonchev–Trinajstić information content (AvgIpc) is 2.53. The summed E-state index contributed by atoms with van der Waals surface area (Å²) in [6.45, 7) is 7.02. The van der Waals surface area contributed by atoms with Crippen LogP contribution in [0.2, 0.25) is 0 Å².